The lowest BCUT2D eigenvalue weighted by atomic mass is 10.2. The monoisotopic (exact) mass is 190 g/mol. The first kappa shape index (κ1) is 9.09. The minimum atomic E-state index is 0.641. The largest absolute Gasteiger partial charge is 0.495 e. The molecule has 74 valence electrons. The Labute approximate surface area is 83.1 Å². The van der Waals surface area contributed by atoms with Crippen molar-refractivity contribution < 1.29 is 4.74 Å². The average Bonchev–Trinajstić information content (AvgIpc) is 2.62. The predicted molar refractivity (Wildman–Crippen MR) is 57.5 cm³/mol. The molecule has 0 unspecified atom stereocenters. The summed E-state index contributed by atoms with van der Waals surface area (Å²) in [6.07, 6.45) is 2.04. The lowest BCUT2D eigenvalue weighted by molar-refractivity contribution is 0.417. The number of aromatic nitrogens is 1. The van der Waals surface area contributed by atoms with Gasteiger partial charge in [-0.05, 0) is 12.1 Å². The summed E-state index contributed by atoms with van der Waals surface area (Å²) in [6.45, 7) is 1.46. The minimum Gasteiger partial charge on any atom is -0.495 e. The van der Waals surface area contributed by atoms with Crippen LogP contribution in [0.25, 0.3) is 10.9 Å². The SMILES string of the molecule is COc1cccc2ccn(CCN)c12. The highest BCUT2D eigenvalue weighted by Crippen LogP contribution is 2.25. The molecule has 0 aliphatic heterocycles. The van der Waals surface area contributed by atoms with E-state index in [-0.39, 0.29) is 0 Å². The molecule has 1 aromatic heterocycles. The summed E-state index contributed by atoms with van der Waals surface area (Å²) in [5, 5.41) is 1.19. The second-order valence-corrected chi connectivity index (χ2v) is 3.20. The molecule has 0 bridgehead atoms. The number of rotatable bonds is 3. The lowest BCUT2D eigenvalue weighted by Crippen LogP contribution is -2.08. The van der Waals surface area contributed by atoms with Crippen molar-refractivity contribution in [3.8, 4) is 5.75 Å². The third-order valence-corrected chi connectivity index (χ3v) is 2.34. The van der Waals surface area contributed by atoms with E-state index < -0.39 is 0 Å². The first-order valence-electron chi connectivity index (χ1n) is 4.68. The molecule has 0 aliphatic carbocycles. The van der Waals surface area contributed by atoms with E-state index in [0.29, 0.717) is 6.54 Å². The molecule has 3 nitrogen and oxygen atoms in total. The van der Waals surface area contributed by atoms with E-state index in [9.17, 15) is 0 Å². The molecule has 2 N–H and O–H groups in total. The highest BCUT2D eigenvalue weighted by Gasteiger charge is 2.05. The number of ether oxygens (including phenoxy) is 1. The quantitative estimate of drug-likeness (QED) is 0.798. The Kier molecular flexibility index (Phi) is 2.41. The normalized spacial score (nSPS) is 10.7. The molecule has 0 aliphatic rings. The topological polar surface area (TPSA) is 40.2 Å². The molecule has 0 saturated carbocycles. The maximum atomic E-state index is 5.54. The van der Waals surface area contributed by atoms with Crippen molar-refractivity contribution in [2.75, 3.05) is 13.7 Å². The Morgan fingerprint density at radius 3 is 2.93 bits per heavy atom. The highest BCUT2D eigenvalue weighted by molar-refractivity contribution is 5.85. The van der Waals surface area contributed by atoms with E-state index in [2.05, 4.69) is 16.7 Å². The average molecular weight is 190 g/mol. The third kappa shape index (κ3) is 1.36. The molecule has 2 aromatic rings. The summed E-state index contributed by atoms with van der Waals surface area (Å²) < 4.78 is 7.43. The van der Waals surface area contributed by atoms with Crippen LogP contribution < -0.4 is 10.5 Å². The van der Waals surface area contributed by atoms with Crippen molar-refractivity contribution in [3.05, 3.63) is 30.5 Å². The third-order valence-electron chi connectivity index (χ3n) is 2.34. The van der Waals surface area contributed by atoms with Gasteiger partial charge in [-0.2, -0.15) is 0 Å². The Hall–Kier alpha value is -1.48. The van der Waals surface area contributed by atoms with Crippen LogP contribution >= 0.6 is 0 Å². The molecule has 1 heterocycles. The summed E-state index contributed by atoms with van der Waals surface area (Å²) in [7, 11) is 1.69. The van der Waals surface area contributed by atoms with Crippen LogP contribution in [0.3, 0.4) is 0 Å². The van der Waals surface area contributed by atoms with Crippen molar-refractivity contribution in [1.82, 2.24) is 4.57 Å². The predicted octanol–water partition coefficient (Wildman–Crippen LogP) is 1.61. The van der Waals surface area contributed by atoms with Gasteiger partial charge in [0.05, 0.1) is 12.6 Å². The standard InChI is InChI=1S/C11H14N2O/c1-14-10-4-2-3-9-5-7-13(8-6-12)11(9)10/h2-5,7H,6,8,12H2,1H3. The number of nitrogens with zero attached hydrogens (tertiary/aromatic N) is 1. The van der Waals surface area contributed by atoms with E-state index in [4.69, 9.17) is 10.5 Å². The molecule has 1 aromatic carbocycles. The van der Waals surface area contributed by atoms with Gasteiger partial charge in [-0.1, -0.05) is 12.1 Å². The van der Waals surface area contributed by atoms with Gasteiger partial charge in [0.15, 0.2) is 0 Å². The number of hydrogen-bond donors (Lipinski definition) is 1. The van der Waals surface area contributed by atoms with Gasteiger partial charge < -0.3 is 15.0 Å². The van der Waals surface area contributed by atoms with Gasteiger partial charge in [-0.3, -0.25) is 0 Å². The fraction of sp³-hybridized carbons (Fsp3) is 0.273. The van der Waals surface area contributed by atoms with E-state index in [1.54, 1.807) is 7.11 Å². The highest BCUT2D eigenvalue weighted by atomic mass is 16.5. The van der Waals surface area contributed by atoms with E-state index >= 15 is 0 Å². The van der Waals surface area contributed by atoms with Gasteiger partial charge in [-0.25, -0.2) is 0 Å². The summed E-state index contributed by atoms with van der Waals surface area (Å²) >= 11 is 0. The zero-order valence-corrected chi connectivity index (χ0v) is 8.23. The van der Waals surface area contributed by atoms with Crippen LogP contribution in [0.15, 0.2) is 30.5 Å². The van der Waals surface area contributed by atoms with Crippen LogP contribution in [-0.2, 0) is 6.54 Å². The van der Waals surface area contributed by atoms with E-state index in [1.807, 2.05) is 18.3 Å². The van der Waals surface area contributed by atoms with Crippen molar-refractivity contribution in [2.24, 2.45) is 5.73 Å². The van der Waals surface area contributed by atoms with Crippen molar-refractivity contribution >= 4 is 10.9 Å². The fourth-order valence-corrected chi connectivity index (χ4v) is 1.72. The van der Waals surface area contributed by atoms with Crippen molar-refractivity contribution in [3.63, 3.8) is 0 Å². The van der Waals surface area contributed by atoms with Crippen LogP contribution in [0, 0.1) is 0 Å². The Balaban J connectivity index is 2.62. The minimum absolute atomic E-state index is 0.641. The van der Waals surface area contributed by atoms with E-state index in [1.165, 1.54) is 5.39 Å². The van der Waals surface area contributed by atoms with Crippen LogP contribution in [0.5, 0.6) is 5.75 Å². The Bertz CT molecular complexity index is 434. The summed E-state index contributed by atoms with van der Waals surface area (Å²) in [5.74, 6) is 0.904. The van der Waals surface area contributed by atoms with Crippen LogP contribution in [0.1, 0.15) is 0 Å². The van der Waals surface area contributed by atoms with Gasteiger partial charge in [0.1, 0.15) is 5.75 Å². The number of nitrogens with two attached hydrogens (primary N) is 1. The van der Waals surface area contributed by atoms with Gasteiger partial charge in [0, 0.05) is 24.7 Å². The summed E-state index contributed by atoms with van der Waals surface area (Å²) in [6, 6.07) is 8.11. The second-order valence-electron chi connectivity index (χ2n) is 3.20. The van der Waals surface area contributed by atoms with Gasteiger partial charge in [0.25, 0.3) is 0 Å². The van der Waals surface area contributed by atoms with E-state index in [0.717, 1.165) is 17.8 Å². The number of para-hydroxylation sites is 1. The molecular formula is C11H14N2O. The molecule has 14 heavy (non-hydrogen) atoms. The van der Waals surface area contributed by atoms with Crippen molar-refractivity contribution in [1.29, 1.82) is 0 Å². The van der Waals surface area contributed by atoms with Gasteiger partial charge >= 0.3 is 0 Å². The molecule has 0 spiro atoms. The lowest BCUT2D eigenvalue weighted by Gasteiger charge is -2.07. The molecule has 3 heteroatoms. The summed E-state index contributed by atoms with van der Waals surface area (Å²) in [5.41, 5.74) is 6.67. The molecule has 0 atom stereocenters. The fourth-order valence-electron chi connectivity index (χ4n) is 1.72. The maximum absolute atomic E-state index is 5.54. The van der Waals surface area contributed by atoms with Gasteiger partial charge in [0.2, 0.25) is 0 Å². The molecule has 0 amide bonds. The number of methoxy groups -OCH3 is 1. The number of fused-ring (bicyclic) bond motifs is 1. The number of hydrogen-bond acceptors (Lipinski definition) is 2. The van der Waals surface area contributed by atoms with Gasteiger partial charge in [-0.15, -0.1) is 0 Å². The molecule has 0 saturated heterocycles. The van der Waals surface area contributed by atoms with Crippen LogP contribution in [0.4, 0.5) is 0 Å². The Morgan fingerprint density at radius 1 is 1.36 bits per heavy atom. The zero-order valence-electron chi connectivity index (χ0n) is 8.23. The first-order valence-corrected chi connectivity index (χ1v) is 4.68. The number of benzene rings is 1. The summed E-state index contributed by atoms with van der Waals surface area (Å²) in [4.78, 5) is 0. The maximum Gasteiger partial charge on any atom is 0.143 e. The molecule has 0 fully saturated rings. The first-order chi connectivity index (χ1) is 6.86. The smallest absolute Gasteiger partial charge is 0.143 e. The second kappa shape index (κ2) is 3.72. The molecule has 2 rings (SSSR count). The van der Waals surface area contributed by atoms with Crippen molar-refractivity contribution in [2.45, 2.75) is 6.54 Å². The molecule has 0 radical (unpaired) electrons. The van der Waals surface area contributed by atoms with Crippen LogP contribution in [0.2, 0.25) is 0 Å². The molecular weight excluding hydrogens is 176 g/mol. The zero-order chi connectivity index (χ0) is 9.97. The van der Waals surface area contributed by atoms with Crippen LogP contribution in [-0.4, -0.2) is 18.2 Å². The Morgan fingerprint density at radius 2 is 2.21 bits per heavy atom.